The topological polar surface area (TPSA) is 72.6 Å². The molecule has 124 valence electrons. The number of rotatable bonds is 2. The van der Waals surface area contributed by atoms with Gasteiger partial charge in [0.1, 0.15) is 11.3 Å². The maximum absolute atomic E-state index is 11.1. The second kappa shape index (κ2) is 5.94. The third-order valence-electron chi connectivity index (χ3n) is 3.57. The van der Waals surface area contributed by atoms with Crippen molar-refractivity contribution in [3.05, 3.63) is 46.4 Å². The molecule has 0 saturated heterocycles. The van der Waals surface area contributed by atoms with Crippen molar-refractivity contribution < 1.29 is 19.1 Å². The number of benzene rings is 2. The van der Waals surface area contributed by atoms with E-state index in [0.717, 1.165) is 10.0 Å². The Bertz CT molecular complexity index is 891. The van der Waals surface area contributed by atoms with Crippen molar-refractivity contribution in [3.8, 4) is 17.2 Å². The molecule has 24 heavy (non-hydrogen) atoms. The van der Waals surface area contributed by atoms with Crippen LogP contribution in [0.15, 0.2) is 45.3 Å². The Morgan fingerprint density at radius 2 is 1.92 bits per heavy atom. The van der Waals surface area contributed by atoms with Gasteiger partial charge in [0.05, 0.1) is 5.56 Å². The van der Waals surface area contributed by atoms with E-state index in [1.165, 1.54) is 0 Å². The number of hydrogen-bond acceptors (Lipinski definition) is 4. The molecule has 0 atom stereocenters. The number of carbonyl (C=O) groups is 1. The van der Waals surface area contributed by atoms with Crippen LogP contribution in [0.3, 0.4) is 0 Å². The highest BCUT2D eigenvalue weighted by atomic mass is 79.9. The molecule has 0 unspecified atom stereocenters. The maximum Gasteiger partial charge on any atom is 0.511 e. The molecule has 0 fully saturated rings. The zero-order valence-corrected chi connectivity index (χ0v) is 15.0. The van der Waals surface area contributed by atoms with Crippen molar-refractivity contribution in [3.63, 3.8) is 0 Å². The summed E-state index contributed by atoms with van der Waals surface area (Å²) in [7, 11) is 0. The minimum atomic E-state index is -1.38. The minimum absolute atomic E-state index is 0.196. The van der Waals surface area contributed by atoms with Gasteiger partial charge < -0.3 is 14.3 Å². The van der Waals surface area contributed by atoms with Crippen molar-refractivity contribution in [2.24, 2.45) is 0 Å². The molecule has 1 aromatic heterocycles. The van der Waals surface area contributed by atoms with E-state index in [1.807, 2.05) is 45.0 Å². The Balaban J connectivity index is 2.33. The van der Waals surface area contributed by atoms with Crippen LogP contribution in [0.25, 0.3) is 22.6 Å². The lowest BCUT2D eigenvalue weighted by atomic mass is 9.83. The van der Waals surface area contributed by atoms with Gasteiger partial charge in [-0.2, -0.15) is 0 Å². The van der Waals surface area contributed by atoms with E-state index >= 15 is 0 Å². The van der Waals surface area contributed by atoms with Gasteiger partial charge in [-0.25, -0.2) is 9.78 Å². The lowest BCUT2D eigenvalue weighted by Crippen LogP contribution is -2.15. The largest absolute Gasteiger partial charge is 0.511 e. The molecule has 1 heterocycles. The molecule has 6 heteroatoms. The van der Waals surface area contributed by atoms with Gasteiger partial charge in [-0.05, 0) is 35.2 Å². The zero-order valence-electron chi connectivity index (χ0n) is 13.5. The van der Waals surface area contributed by atoms with E-state index in [0.29, 0.717) is 22.6 Å². The Morgan fingerprint density at radius 3 is 2.54 bits per heavy atom. The molecular formula is C18H16BrNO4. The molecule has 0 saturated carbocycles. The molecule has 1 N–H and O–H groups in total. The number of para-hydroxylation sites is 2. The molecule has 0 aliphatic carbocycles. The Kier molecular flexibility index (Phi) is 4.09. The van der Waals surface area contributed by atoms with Crippen molar-refractivity contribution in [1.29, 1.82) is 0 Å². The van der Waals surface area contributed by atoms with Gasteiger partial charge in [-0.3, -0.25) is 0 Å². The summed E-state index contributed by atoms with van der Waals surface area (Å²) in [6.07, 6.45) is -1.38. The molecule has 0 bridgehead atoms. The summed E-state index contributed by atoms with van der Waals surface area (Å²) in [6, 6.07) is 10.8. The first kappa shape index (κ1) is 16.5. The monoisotopic (exact) mass is 389 g/mol. The molecule has 5 nitrogen and oxygen atoms in total. The number of oxazole rings is 1. The number of carboxylic acid groups (broad SMARTS) is 1. The molecule has 3 aromatic rings. The summed E-state index contributed by atoms with van der Waals surface area (Å²) in [5.74, 6) is 0.529. The minimum Gasteiger partial charge on any atom is -0.449 e. The highest BCUT2D eigenvalue weighted by molar-refractivity contribution is 9.10. The smallest absolute Gasteiger partial charge is 0.449 e. The van der Waals surface area contributed by atoms with Gasteiger partial charge in [-0.15, -0.1) is 0 Å². The molecule has 0 aliphatic heterocycles. The third kappa shape index (κ3) is 3.01. The molecule has 0 aliphatic rings. The van der Waals surface area contributed by atoms with Crippen LogP contribution in [0, 0.1) is 0 Å². The average molecular weight is 390 g/mol. The summed E-state index contributed by atoms with van der Waals surface area (Å²) in [6.45, 7) is 6.09. The maximum atomic E-state index is 11.1. The van der Waals surface area contributed by atoms with Gasteiger partial charge in [0.15, 0.2) is 5.58 Å². The number of ether oxygens (including phenoxy) is 1. The highest BCUT2D eigenvalue weighted by Crippen LogP contribution is 2.44. The lowest BCUT2D eigenvalue weighted by Gasteiger charge is -2.24. The average Bonchev–Trinajstić information content (AvgIpc) is 2.90. The molecule has 0 spiro atoms. The lowest BCUT2D eigenvalue weighted by molar-refractivity contribution is 0.144. The van der Waals surface area contributed by atoms with E-state index < -0.39 is 6.16 Å². The van der Waals surface area contributed by atoms with E-state index in [2.05, 4.69) is 20.9 Å². The molecular weight excluding hydrogens is 374 g/mol. The second-order valence-electron chi connectivity index (χ2n) is 6.40. The van der Waals surface area contributed by atoms with Crippen LogP contribution in [0.4, 0.5) is 4.79 Å². The van der Waals surface area contributed by atoms with E-state index in [4.69, 9.17) is 14.3 Å². The number of hydrogen-bond donors (Lipinski definition) is 1. The molecule has 3 rings (SSSR count). The van der Waals surface area contributed by atoms with Gasteiger partial charge in [0.25, 0.3) is 0 Å². The van der Waals surface area contributed by atoms with Gasteiger partial charge in [0, 0.05) is 4.47 Å². The Labute approximate surface area is 147 Å². The van der Waals surface area contributed by atoms with Gasteiger partial charge in [0.2, 0.25) is 5.89 Å². The number of halogens is 1. The third-order valence-corrected chi connectivity index (χ3v) is 4.23. The van der Waals surface area contributed by atoms with Crippen LogP contribution in [-0.2, 0) is 5.41 Å². The number of aromatic nitrogens is 1. The van der Waals surface area contributed by atoms with Crippen LogP contribution >= 0.6 is 15.9 Å². The van der Waals surface area contributed by atoms with Crippen molar-refractivity contribution in [2.45, 2.75) is 26.2 Å². The van der Waals surface area contributed by atoms with E-state index in [1.54, 1.807) is 12.1 Å². The fraction of sp³-hybridized carbons (Fsp3) is 0.222. The molecule has 2 aromatic carbocycles. The fourth-order valence-corrected chi connectivity index (χ4v) is 3.59. The first-order valence-electron chi connectivity index (χ1n) is 7.37. The molecule has 0 radical (unpaired) electrons. The second-order valence-corrected chi connectivity index (χ2v) is 7.25. The zero-order chi connectivity index (χ0) is 17.5. The van der Waals surface area contributed by atoms with E-state index in [9.17, 15) is 4.79 Å². The van der Waals surface area contributed by atoms with Crippen LogP contribution in [0.2, 0.25) is 0 Å². The summed E-state index contributed by atoms with van der Waals surface area (Å²) < 4.78 is 11.7. The van der Waals surface area contributed by atoms with E-state index in [-0.39, 0.29) is 11.2 Å². The van der Waals surface area contributed by atoms with Crippen molar-refractivity contribution >= 4 is 33.2 Å². The number of fused-ring (bicyclic) bond motifs is 1. The summed E-state index contributed by atoms with van der Waals surface area (Å²) in [4.78, 5) is 15.6. The Morgan fingerprint density at radius 1 is 1.21 bits per heavy atom. The first-order valence-corrected chi connectivity index (χ1v) is 8.16. The van der Waals surface area contributed by atoms with Crippen LogP contribution in [0.5, 0.6) is 5.75 Å². The predicted octanol–water partition coefficient (Wildman–Crippen LogP) is 5.61. The standard InChI is InChI=1S/C18H16BrNO4/c1-18(2,3)15-10(19)8-9-13(24-17(21)22)14(15)16-20-11-6-4-5-7-12(11)23-16/h4-9H,1-3H3,(H,21,22). The predicted molar refractivity (Wildman–Crippen MR) is 94.5 cm³/mol. The summed E-state index contributed by atoms with van der Waals surface area (Å²) >= 11 is 3.55. The normalized spacial score (nSPS) is 11.7. The molecule has 0 amide bonds. The Hall–Kier alpha value is -2.34. The summed E-state index contributed by atoms with van der Waals surface area (Å²) in [5.41, 5.74) is 2.46. The van der Waals surface area contributed by atoms with Crippen LogP contribution in [0.1, 0.15) is 26.3 Å². The van der Waals surface area contributed by atoms with Gasteiger partial charge in [-0.1, -0.05) is 48.8 Å². The van der Waals surface area contributed by atoms with Crippen LogP contribution < -0.4 is 4.74 Å². The van der Waals surface area contributed by atoms with Crippen molar-refractivity contribution in [1.82, 2.24) is 4.98 Å². The van der Waals surface area contributed by atoms with Gasteiger partial charge >= 0.3 is 6.16 Å². The van der Waals surface area contributed by atoms with Crippen LogP contribution in [-0.4, -0.2) is 16.2 Å². The summed E-state index contributed by atoms with van der Waals surface area (Å²) in [5, 5.41) is 9.06. The van der Waals surface area contributed by atoms with Crippen molar-refractivity contribution in [2.75, 3.05) is 0 Å². The number of nitrogens with zero attached hydrogens (tertiary/aromatic N) is 1. The SMILES string of the molecule is CC(C)(C)c1c(Br)ccc(OC(=O)O)c1-c1nc2ccccc2o1. The highest BCUT2D eigenvalue weighted by Gasteiger charge is 2.28. The fourth-order valence-electron chi connectivity index (χ4n) is 2.66. The quantitative estimate of drug-likeness (QED) is 0.455. The first-order chi connectivity index (χ1) is 11.3.